The van der Waals surface area contributed by atoms with Crippen LogP contribution in [0.1, 0.15) is 0 Å². The van der Waals surface area contributed by atoms with E-state index in [1.807, 2.05) is 0 Å². The summed E-state index contributed by atoms with van der Waals surface area (Å²) in [5.74, 6) is 0. The molecule has 0 aliphatic rings. The summed E-state index contributed by atoms with van der Waals surface area (Å²) in [5, 5.41) is 44.2. The van der Waals surface area contributed by atoms with Crippen molar-refractivity contribution in [2.24, 2.45) is 0 Å². The van der Waals surface area contributed by atoms with Crippen LogP contribution in [0.2, 0.25) is 0 Å². The molecule has 0 spiro atoms. The summed E-state index contributed by atoms with van der Waals surface area (Å²) in [6.45, 7) is 0. The fourth-order valence-corrected chi connectivity index (χ4v) is 0. The van der Waals surface area contributed by atoms with E-state index in [9.17, 15) is 0 Å². The van der Waals surface area contributed by atoms with Gasteiger partial charge in [-0.25, -0.2) is 0 Å². The minimum Gasteiger partial charge on any atom is -0.356 e. The Bertz CT molecular complexity index is 118. The summed E-state index contributed by atoms with van der Waals surface area (Å²) < 4.78 is 0. The van der Waals surface area contributed by atoms with Crippen molar-refractivity contribution in [1.29, 1.82) is 0 Å². The molecule has 0 saturated heterocycles. The van der Waals surface area contributed by atoms with Crippen LogP contribution in [0, 0.1) is 46.0 Å². The van der Waals surface area contributed by atoms with Crippen LogP contribution >= 0.6 is 12.4 Å². The topological polar surface area (TPSA) is 199 Å². The summed E-state index contributed by atoms with van der Waals surface area (Å²) in [6.07, 6.45) is 0. The molecule has 0 aliphatic heterocycles. The first kappa shape index (κ1) is 29.4. The first-order valence-corrected chi connectivity index (χ1v) is 1.64. The van der Waals surface area contributed by atoms with Gasteiger partial charge in [0.2, 0.25) is 0 Å². The van der Waals surface area contributed by atoms with Crippen LogP contribution in [0.3, 0.4) is 0 Å². The van der Waals surface area contributed by atoms with Gasteiger partial charge in [-0.1, -0.05) is 0 Å². The van der Waals surface area contributed by atoms with Gasteiger partial charge < -0.3 is 46.0 Å². The quantitative estimate of drug-likeness (QED) is 0.303. The molecule has 0 aromatic heterocycles. The zero-order valence-electron chi connectivity index (χ0n) is 6.00. The number of hydrogen-bond donors (Lipinski definition) is 0. The van der Waals surface area contributed by atoms with E-state index in [1.165, 1.54) is 0 Å². The Hall–Kier alpha value is -1.58. The third-order valence-electron chi connectivity index (χ3n) is 0. The van der Waals surface area contributed by atoms with E-state index in [2.05, 4.69) is 0 Å². The van der Waals surface area contributed by atoms with E-state index in [-0.39, 0.29) is 29.8 Å². The van der Waals surface area contributed by atoms with Gasteiger partial charge >= 0.3 is 17.4 Å². The second-order valence-corrected chi connectivity index (χ2v) is 0.671. The molecule has 0 aromatic carbocycles. The third kappa shape index (κ3) is 372. The van der Waals surface area contributed by atoms with Crippen molar-refractivity contribution in [3.8, 4) is 0 Å². The Morgan fingerprint density at radius 1 is 0.571 bits per heavy atom. The Balaban J connectivity index is -0.0000000270. The maximum Gasteiger partial charge on any atom is 3.00 e. The van der Waals surface area contributed by atoms with Gasteiger partial charge in [-0.15, -0.1) is 12.4 Å². The van der Waals surface area contributed by atoms with E-state index in [0.717, 1.165) is 0 Å². The molecule has 0 aliphatic carbocycles. The van der Waals surface area contributed by atoms with Crippen molar-refractivity contribution in [1.82, 2.24) is 0 Å². The molecule has 0 fully saturated rings. The Labute approximate surface area is 91.6 Å². The Morgan fingerprint density at radius 2 is 0.571 bits per heavy atom. The average molecular weight is 249 g/mol. The molecular weight excluding hydrogens is 248 g/mol. The van der Waals surface area contributed by atoms with E-state index < -0.39 is 15.3 Å². The van der Waals surface area contributed by atoms with Crippen LogP contribution in [-0.4, -0.2) is 32.6 Å². The van der Waals surface area contributed by atoms with Crippen molar-refractivity contribution in [2.45, 2.75) is 0 Å². The molecule has 14 heteroatoms. The second-order valence-electron chi connectivity index (χ2n) is 0.671. The van der Waals surface area contributed by atoms with Crippen LogP contribution in [0.25, 0.3) is 0 Å². The van der Waals surface area contributed by atoms with E-state index in [0.29, 0.717) is 0 Å². The molecule has 0 unspecified atom stereocenters. The molecule has 0 atom stereocenters. The molecule has 0 radical (unpaired) electrons. The van der Waals surface area contributed by atoms with Gasteiger partial charge in [0.05, 0.1) is 15.3 Å². The van der Waals surface area contributed by atoms with Crippen LogP contribution in [-0.2, 0) is 0 Å². The van der Waals surface area contributed by atoms with Gasteiger partial charge in [0.1, 0.15) is 0 Å². The fourth-order valence-electron chi connectivity index (χ4n) is 0. The van der Waals surface area contributed by atoms with Crippen molar-refractivity contribution in [3.05, 3.63) is 46.0 Å². The Morgan fingerprint density at radius 3 is 0.571 bits per heavy atom. The summed E-state index contributed by atoms with van der Waals surface area (Å²) in [5.41, 5.74) is 0. The molecule has 14 heavy (non-hydrogen) atoms. The van der Waals surface area contributed by atoms with Crippen LogP contribution in [0.15, 0.2) is 0 Å². The van der Waals surface area contributed by atoms with Crippen molar-refractivity contribution < 1.29 is 15.3 Å². The maximum absolute atomic E-state index is 8.25. The predicted molar refractivity (Wildman–Crippen MR) is 44.1 cm³/mol. The predicted octanol–water partition coefficient (Wildman–Crippen LogP) is -0.676. The summed E-state index contributed by atoms with van der Waals surface area (Å²) in [4.78, 5) is 24.8. The number of halogens is 1. The normalized spacial score (nSPS) is 5.14. The smallest absolute Gasteiger partial charge is 0.356 e. The molecule has 0 bridgehead atoms. The van der Waals surface area contributed by atoms with Crippen molar-refractivity contribution in [3.63, 3.8) is 0 Å². The first-order valence-electron chi connectivity index (χ1n) is 1.64. The van der Waals surface area contributed by atoms with Gasteiger partial charge in [0.25, 0.3) is 0 Å². The molecule has 0 heterocycles. The molecule has 0 saturated carbocycles. The largest absolute Gasteiger partial charge is 3.00 e. The second kappa shape index (κ2) is 22.5. The van der Waals surface area contributed by atoms with Crippen LogP contribution < -0.4 is 0 Å². The molecule has 80 valence electrons. The molecule has 0 rings (SSSR count). The van der Waals surface area contributed by atoms with Gasteiger partial charge in [0, 0.05) is 0 Å². The zero-order chi connectivity index (χ0) is 10.7. The standard InChI is InChI=1S/Al.ClH.3NO3/c;;3*2-1(3)4/h;1H;;;/q+3;;3*-1. The van der Waals surface area contributed by atoms with E-state index in [4.69, 9.17) is 46.0 Å². The van der Waals surface area contributed by atoms with E-state index >= 15 is 0 Å². The fraction of sp³-hybridized carbons (Fsp3) is 0. The number of rotatable bonds is 0. The SMILES string of the molecule is Cl.O=[N+]([O-])[O-].O=[N+]([O-])[O-].O=[N+]([O-])[O-].[Al+3]. The number of nitrogens with zero attached hydrogens (tertiary/aromatic N) is 3. The van der Waals surface area contributed by atoms with Gasteiger partial charge in [-0.2, -0.15) is 0 Å². The maximum atomic E-state index is 8.25. The summed E-state index contributed by atoms with van der Waals surface area (Å²) in [7, 11) is 0. The molecule has 12 nitrogen and oxygen atoms in total. The number of hydrogen-bond acceptors (Lipinski definition) is 9. The van der Waals surface area contributed by atoms with Gasteiger partial charge in [0.15, 0.2) is 0 Å². The third-order valence-corrected chi connectivity index (χ3v) is 0. The minimum absolute atomic E-state index is 0. The molecule has 0 amide bonds. The monoisotopic (exact) mass is 249 g/mol. The van der Waals surface area contributed by atoms with Gasteiger partial charge in [-0.3, -0.25) is 0 Å². The molecule has 0 aromatic rings. The van der Waals surface area contributed by atoms with Crippen molar-refractivity contribution >= 4 is 29.8 Å². The molecule has 0 N–H and O–H groups in total. The first-order chi connectivity index (χ1) is 5.20. The van der Waals surface area contributed by atoms with Crippen LogP contribution in [0.4, 0.5) is 0 Å². The summed E-state index contributed by atoms with van der Waals surface area (Å²) in [6, 6.07) is 0. The molecular formula is HAlClN3O9. The van der Waals surface area contributed by atoms with Crippen molar-refractivity contribution in [2.75, 3.05) is 0 Å². The average Bonchev–Trinajstić information content (AvgIpc) is 1.54. The summed E-state index contributed by atoms with van der Waals surface area (Å²) >= 11 is 0. The van der Waals surface area contributed by atoms with E-state index in [1.54, 1.807) is 0 Å². The Kier molecular flexibility index (Phi) is 47.3. The van der Waals surface area contributed by atoms with Gasteiger partial charge in [-0.05, 0) is 0 Å². The van der Waals surface area contributed by atoms with Crippen LogP contribution in [0.5, 0.6) is 0 Å². The zero-order valence-corrected chi connectivity index (χ0v) is 7.97. The minimum atomic E-state index is -1.75.